The van der Waals surface area contributed by atoms with Crippen LogP contribution in [0.5, 0.6) is 0 Å². The molecule has 0 saturated heterocycles. The summed E-state index contributed by atoms with van der Waals surface area (Å²) in [6, 6.07) is 5.34. The number of carboxylic acids is 1. The molecule has 0 radical (unpaired) electrons. The van der Waals surface area contributed by atoms with Crippen molar-refractivity contribution < 1.29 is 22.7 Å². The van der Waals surface area contributed by atoms with Crippen molar-refractivity contribution in [1.29, 1.82) is 0 Å². The number of nitrogens with one attached hydrogen (secondary N) is 1. The van der Waals surface area contributed by atoms with E-state index in [1.165, 1.54) is 30.3 Å². The molecular formula is C13H13NO6S. The van der Waals surface area contributed by atoms with Crippen molar-refractivity contribution in [2.24, 2.45) is 0 Å². The van der Waals surface area contributed by atoms with Gasteiger partial charge in [-0.1, -0.05) is 6.92 Å². The standard InChI is InChI=1S/C13H13NO6S/c1-2-10(13(16)17)14-21(18,19)9-4-5-11-8(7-9)3-6-12(15)20-11/h3-7,10,14H,2H2,1H3,(H,16,17)/t10-/m1/s1. The maximum atomic E-state index is 12.1. The lowest BCUT2D eigenvalue weighted by Gasteiger charge is -2.13. The number of benzene rings is 1. The first-order valence-electron chi connectivity index (χ1n) is 6.12. The molecule has 0 aliphatic rings. The molecule has 2 aromatic rings. The van der Waals surface area contributed by atoms with Crippen molar-refractivity contribution in [1.82, 2.24) is 4.72 Å². The fourth-order valence-corrected chi connectivity index (χ4v) is 3.09. The van der Waals surface area contributed by atoms with Gasteiger partial charge < -0.3 is 9.52 Å². The second-order valence-electron chi connectivity index (χ2n) is 4.37. The van der Waals surface area contributed by atoms with Crippen molar-refractivity contribution in [3.63, 3.8) is 0 Å². The van der Waals surface area contributed by atoms with E-state index in [1.807, 2.05) is 0 Å². The number of carboxylic acid groups (broad SMARTS) is 1. The topological polar surface area (TPSA) is 114 Å². The van der Waals surface area contributed by atoms with Crippen LogP contribution in [0.15, 0.2) is 44.4 Å². The summed E-state index contributed by atoms with van der Waals surface area (Å²) in [4.78, 5) is 21.9. The van der Waals surface area contributed by atoms with Crippen LogP contribution < -0.4 is 10.3 Å². The molecule has 1 aromatic heterocycles. The van der Waals surface area contributed by atoms with E-state index in [9.17, 15) is 18.0 Å². The zero-order valence-electron chi connectivity index (χ0n) is 11.1. The molecule has 8 heteroatoms. The fourth-order valence-electron chi connectivity index (χ4n) is 1.78. The third-order valence-electron chi connectivity index (χ3n) is 2.90. The first-order valence-corrected chi connectivity index (χ1v) is 7.61. The van der Waals surface area contributed by atoms with Gasteiger partial charge in [-0.15, -0.1) is 0 Å². The second-order valence-corrected chi connectivity index (χ2v) is 6.09. The van der Waals surface area contributed by atoms with E-state index < -0.39 is 27.7 Å². The maximum Gasteiger partial charge on any atom is 0.336 e. The van der Waals surface area contributed by atoms with Crippen molar-refractivity contribution >= 4 is 27.0 Å². The normalized spacial score (nSPS) is 13.2. The van der Waals surface area contributed by atoms with Crippen LogP contribution in [0.4, 0.5) is 0 Å². The molecule has 0 aliphatic carbocycles. The van der Waals surface area contributed by atoms with Crippen LogP contribution in [-0.2, 0) is 14.8 Å². The van der Waals surface area contributed by atoms with E-state index >= 15 is 0 Å². The lowest BCUT2D eigenvalue weighted by Crippen LogP contribution is -2.40. The minimum Gasteiger partial charge on any atom is -0.480 e. The summed E-state index contributed by atoms with van der Waals surface area (Å²) in [5, 5.41) is 9.34. The second kappa shape index (κ2) is 5.66. The van der Waals surface area contributed by atoms with Crippen LogP contribution in [-0.4, -0.2) is 25.5 Å². The van der Waals surface area contributed by atoms with Crippen LogP contribution in [0.3, 0.4) is 0 Å². The average Bonchev–Trinajstić information content (AvgIpc) is 2.43. The number of hydrogen-bond acceptors (Lipinski definition) is 5. The van der Waals surface area contributed by atoms with Crippen molar-refractivity contribution in [2.45, 2.75) is 24.3 Å². The van der Waals surface area contributed by atoms with Gasteiger partial charge in [-0.2, -0.15) is 4.72 Å². The van der Waals surface area contributed by atoms with Crippen molar-refractivity contribution in [3.05, 3.63) is 40.8 Å². The molecule has 1 atom stereocenters. The lowest BCUT2D eigenvalue weighted by molar-refractivity contribution is -0.139. The van der Waals surface area contributed by atoms with E-state index in [2.05, 4.69) is 4.72 Å². The average molecular weight is 311 g/mol. The molecule has 1 aromatic carbocycles. The zero-order chi connectivity index (χ0) is 15.6. The van der Waals surface area contributed by atoms with Gasteiger partial charge in [0.25, 0.3) is 0 Å². The number of sulfonamides is 1. The van der Waals surface area contributed by atoms with Gasteiger partial charge in [0.15, 0.2) is 0 Å². The molecule has 0 bridgehead atoms. The monoisotopic (exact) mass is 311 g/mol. The highest BCUT2D eigenvalue weighted by Crippen LogP contribution is 2.18. The predicted molar refractivity (Wildman–Crippen MR) is 74.5 cm³/mol. The van der Waals surface area contributed by atoms with E-state index in [-0.39, 0.29) is 16.9 Å². The predicted octanol–water partition coefficient (Wildman–Crippen LogP) is 0.935. The van der Waals surface area contributed by atoms with Gasteiger partial charge >= 0.3 is 11.6 Å². The molecule has 2 rings (SSSR count). The molecule has 0 aliphatic heterocycles. The molecule has 0 unspecified atom stereocenters. The van der Waals surface area contributed by atoms with Gasteiger partial charge in [-0.05, 0) is 30.7 Å². The van der Waals surface area contributed by atoms with E-state index in [4.69, 9.17) is 9.52 Å². The number of carbonyl (C=O) groups is 1. The minimum atomic E-state index is -3.97. The molecule has 7 nitrogen and oxygen atoms in total. The Morgan fingerprint density at radius 3 is 2.67 bits per heavy atom. The highest BCUT2D eigenvalue weighted by molar-refractivity contribution is 7.89. The molecule has 0 fully saturated rings. The van der Waals surface area contributed by atoms with Crippen LogP contribution >= 0.6 is 0 Å². The van der Waals surface area contributed by atoms with E-state index in [1.54, 1.807) is 6.92 Å². The molecule has 0 amide bonds. The quantitative estimate of drug-likeness (QED) is 0.794. The van der Waals surface area contributed by atoms with Gasteiger partial charge in [-0.3, -0.25) is 4.79 Å². The van der Waals surface area contributed by atoms with Gasteiger partial charge in [0, 0.05) is 11.5 Å². The Morgan fingerprint density at radius 1 is 1.33 bits per heavy atom. The van der Waals surface area contributed by atoms with Crippen LogP contribution in [0.2, 0.25) is 0 Å². The molecule has 1 heterocycles. The Morgan fingerprint density at radius 2 is 2.05 bits per heavy atom. The summed E-state index contributed by atoms with van der Waals surface area (Å²) >= 11 is 0. The summed E-state index contributed by atoms with van der Waals surface area (Å²) in [5.74, 6) is -1.24. The molecule has 0 saturated carbocycles. The Hall–Kier alpha value is -2.19. The molecule has 21 heavy (non-hydrogen) atoms. The van der Waals surface area contributed by atoms with Gasteiger partial charge in [0.1, 0.15) is 11.6 Å². The van der Waals surface area contributed by atoms with Crippen LogP contribution in [0, 0.1) is 0 Å². The van der Waals surface area contributed by atoms with Crippen molar-refractivity contribution in [2.75, 3.05) is 0 Å². The largest absolute Gasteiger partial charge is 0.480 e. The fraction of sp³-hybridized carbons (Fsp3) is 0.231. The van der Waals surface area contributed by atoms with Crippen LogP contribution in [0.25, 0.3) is 11.0 Å². The molecule has 2 N–H and O–H groups in total. The number of rotatable bonds is 5. The molecule has 112 valence electrons. The SMILES string of the molecule is CC[C@@H](NS(=O)(=O)c1ccc2oc(=O)ccc2c1)C(=O)O. The Bertz CT molecular complexity index is 839. The highest BCUT2D eigenvalue weighted by Gasteiger charge is 2.24. The Labute approximate surface area is 120 Å². The van der Waals surface area contributed by atoms with Crippen LogP contribution in [0.1, 0.15) is 13.3 Å². The smallest absolute Gasteiger partial charge is 0.336 e. The number of hydrogen-bond donors (Lipinski definition) is 2. The van der Waals surface area contributed by atoms with E-state index in [0.717, 1.165) is 0 Å². The number of fused-ring (bicyclic) bond motifs is 1. The minimum absolute atomic E-state index is 0.0939. The third-order valence-corrected chi connectivity index (χ3v) is 4.37. The first kappa shape index (κ1) is 15.2. The Balaban J connectivity index is 2.42. The first-order chi connectivity index (χ1) is 9.83. The van der Waals surface area contributed by atoms with Gasteiger partial charge in [0.05, 0.1) is 4.90 Å². The summed E-state index contributed by atoms with van der Waals surface area (Å²) < 4.78 is 31.3. The van der Waals surface area contributed by atoms with Crippen molar-refractivity contribution in [3.8, 4) is 0 Å². The third kappa shape index (κ3) is 3.29. The molecule has 0 spiro atoms. The number of aliphatic carboxylic acids is 1. The summed E-state index contributed by atoms with van der Waals surface area (Å²) in [7, 11) is -3.97. The van der Waals surface area contributed by atoms with Gasteiger partial charge in [0.2, 0.25) is 10.0 Å². The summed E-state index contributed by atoms with van der Waals surface area (Å²) in [6.07, 6.45) is 0.122. The van der Waals surface area contributed by atoms with Gasteiger partial charge in [-0.25, -0.2) is 13.2 Å². The highest BCUT2D eigenvalue weighted by atomic mass is 32.2. The van der Waals surface area contributed by atoms with E-state index in [0.29, 0.717) is 5.39 Å². The Kier molecular flexibility index (Phi) is 4.10. The summed E-state index contributed by atoms with van der Waals surface area (Å²) in [6.45, 7) is 1.57. The lowest BCUT2D eigenvalue weighted by atomic mass is 10.2. The maximum absolute atomic E-state index is 12.1. The summed E-state index contributed by atoms with van der Waals surface area (Å²) in [5.41, 5.74) is -0.278. The molecular weight excluding hydrogens is 298 g/mol. The zero-order valence-corrected chi connectivity index (χ0v) is 11.9.